The predicted octanol–water partition coefficient (Wildman–Crippen LogP) is 2.40. The number of carbonyl (C=O) groups excluding carboxylic acids is 3. The van der Waals surface area contributed by atoms with Gasteiger partial charge in [0, 0.05) is 0 Å². The van der Waals surface area contributed by atoms with Gasteiger partial charge in [-0.25, -0.2) is 4.79 Å². The van der Waals surface area contributed by atoms with Gasteiger partial charge in [0.2, 0.25) is 5.91 Å². The molecule has 0 aromatic heterocycles. The Kier molecular flexibility index (Phi) is 7.86. The van der Waals surface area contributed by atoms with Crippen molar-refractivity contribution in [3.05, 3.63) is 27.3 Å². The molecule has 0 spiro atoms. The number of amides is 1. The first-order valence-corrected chi connectivity index (χ1v) is 9.02. The molecule has 1 rings (SSSR count). The fourth-order valence-corrected chi connectivity index (χ4v) is 2.91. The monoisotopic (exact) mass is 477 g/mol. The average molecular weight is 477 g/mol. The molecule has 8 heteroatoms. The molecular formula is C18H24INO6. The predicted molar refractivity (Wildman–Crippen MR) is 104 cm³/mol. The van der Waals surface area contributed by atoms with Gasteiger partial charge >= 0.3 is 11.9 Å². The second-order valence-corrected chi connectivity index (χ2v) is 7.78. The first-order chi connectivity index (χ1) is 12.0. The normalized spacial score (nSPS) is 13.3. The molecule has 1 aromatic rings. The maximum Gasteiger partial charge on any atom is 0.328 e. The Morgan fingerprint density at radius 1 is 1.12 bits per heavy atom. The highest BCUT2D eigenvalue weighted by molar-refractivity contribution is 14.1. The molecule has 0 fully saturated rings. The van der Waals surface area contributed by atoms with Gasteiger partial charge in [-0.2, -0.15) is 0 Å². The molecule has 0 aliphatic heterocycles. The minimum absolute atomic E-state index is 0.444. The lowest BCUT2D eigenvalue weighted by Gasteiger charge is -2.24. The van der Waals surface area contributed by atoms with E-state index in [-0.39, 0.29) is 0 Å². The number of halogens is 1. The third kappa shape index (κ3) is 6.15. The summed E-state index contributed by atoms with van der Waals surface area (Å²) in [6, 6.07) is 4.08. The van der Waals surface area contributed by atoms with E-state index in [9.17, 15) is 14.4 Å². The van der Waals surface area contributed by atoms with Gasteiger partial charge in [0.05, 0.1) is 17.8 Å². The number of rotatable bonds is 6. The van der Waals surface area contributed by atoms with Crippen molar-refractivity contribution in [2.45, 2.75) is 45.3 Å². The highest BCUT2D eigenvalue weighted by Crippen LogP contribution is 2.28. The van der Waals surface area contributed by atoms with E-state index >= 15 is 0 Å². The number of methoxy groups -OCH3 is 2. The molecule has 144 valence electrons. The number of benzene rings is 1. The largest absolute Gasteiger partial charge is 0.496 e. The second kappa shape index (κ2) is 9.20. The molecule has 0 saturated heterocycles. The Hall–Kier alpha value is -1.84. The molecule has 0 saturated carbocycles. The van der Waals surface area contributed by atoms with Gasteiger partial charge in [-0.1, -0.05) is 6.07 Å². The molecule has 1 aromatic carbocycles. The molecule has 2 atom stereocenters. The summed E-state index contributed by atoms with van der Waals surface area (Å²) in [5.41, 5.74) is -0.317. The molecule has 1 N–H and O–H groups in total. The SMILES string of the molecule is COC(=O)C(C)NC(=O)[C@@H](C(=O)OC(C)(C)C)c1ccc(OC)c(I)c1. The molecule has 0 aliphatic rings. The van der Waals surface area contributed by atoms with Crippen molar-refractivity contribution in [2.75, 3.05) is 14.2 Å². The summed E-state index contributed by atoms with van der Waals surface area (Å²) in [5.74, 6) is -2.54. The molecule has 1 unspecified atom stereocenters. The molecule has 7 nitrogen and oxygen atoms in total. The minimum atomic E-state index is -1.22. The molecule has 26 heavy (non-hydrogen) atoms. The van der Waals surface area contributed by atoms with Crippen LogP contribution in [0.3, 0.4) is 0 Å². The first-order valence-electron chi connectivity index (χ1n) is 7.94. The second-order valence-electron chi connectivity index (χ2n) is 6.61. The molecule has 0 heterocycles. The van der Waals surface area contributed by atoms with Crippen molar-refractivity contribution < 1.29 is 28.6 Å². The van der Waals surface area contributed by atoms with Crippen molar-refractivity contribution in [1.82, 2.24) is 5.32 Å². The highest BCUT2D eigenvalue weighted by atomic mass is 127. The van der Waals surface area contributed by atoms with Crippen molar-refractivity contribution in [3.63, 3.8) is 0 Å². The summed E-state index contributed by atoms with van der Waals surface area (Å²) in [5, 5.41) is 2.50. The Bertz CT molecular complexity index is 683. The van der Waals surface area contributed by atoms with E-state index in [0.29, 0.717) is 11.3 Å². The van der Waals surface area contributed by atoms with Crippen molar-refractivity contribution in [3.8, 4) is 5.75 Å². The van der Waals surface area contributed by atoms with Crippen LogP contribution in [0.5, 0.6) is 5.75 Å². The van der Waals surface area contributed by atoms with Gasteiger partial charge in [0.25, 0.3) is 0 Å². The number of esters is 2. The van der Waals surface area contributed by atoms with Crippen LogP contribution >= 0.6 is 22.6 Å². The lowest BCUT2D eigenvalue weighted by atomic mass is 9.97. The van der Waals surface area contributed by atoms with Crippen LogP contribution in [-0.4, -0.2) is 43.7 Å². The molecule has 0 radical (unpaired) electrons. The van der Waals surface area contributed by atoms with Crippen LogP contribution in [0, 0.1) is 3.57 Å². The van der Waals surface area contributed by atoms with Crippen molar-refractivity contribution in [2.24, 2.45) is 0 Å². The average Bonchev–Trinajstić information content (AvgIpc) is 2.52. The number of hydrogen-bond acceptors (Lipinski definition) is 6. The van der Waals surface area contributed by atoms with Gasteiger partial charge in [-0.3, -0.25) is 9.59 Å². The van der Waals surface area contributed by atoms with E-state index < -0.39 is 35.4 Å². The summed E-state index contributed by atoms with van der Waals surface area (Å²) < 4.78 is 15.9. The Balaban J connectivity index is 3.21. The van der Waals surface area contributed by atoms with Crippen molar-refractivity contribution >= 4 is 40.4 Å². The topological polar surface area (TPSA) is 90.9 Å². The number of hydrogen-bond donors (Lipinski definition) is 1. The highest BCUT2D eigenvalue weighted by Gasteiger charge is 2.34. The third-order valence-electron chi connectivity index (χ3n) is 3.33. The Morgan fingerprint density at radius 3 is 2.19 bits per heavy atom. The summed E-state index contributed by atoms with van der Waals surface area (Å²) >= 11 is 2.05. The van der Waals surface area contributed by atoms with Gasteiger partial charge in [-0.05, 0) is 68.0 Å². The van der Waals surface area contributed by atoms with Gasteiger partial charge < -0.3 is 19.5 Å². The molecule has 0 bridgehead atoms. The van der Waals surface area contributed by atoms with Gasteiger partial charge in [0.15, 0.2) is 5.92 Å². The van der Waals surface area contributed by atoms with Crippen LogP contribution in [-0.2, 0) is 23.9 Å². The number of nitrogens with one attached hydrogen (secondary N) is 1. The van der Waals surface area contributed by atoms with E-state index in [1.807, 2.05) is 0 Å². The molecule has 0 aliphatic carbocycles. The van der Waals surface area contributed by atoms with Crippen molar-refractivity contribution in [1.29, 1.82) is 0 Å². The van der Waals surface area contributed by atoms with E-state index in [4.69, 9.17) is 9.47 Å². The van der Waals surface area contributed by atoms with E-state index in [1.54, 1.807) is 39.0 Å². The smallest absolute Gasteiger partial charge is 0.328 e. The lowest BCUT2D eigenvalue weighted by molar-refractivity contribution is -0.159. The fourth-order valence-electron chi connectivity index (χ4n) is 2.15. The quantitative estimate of drug-likeness (QED) is 0.385. The Morgan fingerprint density at radius 2 is 1.73 bits per heavy atom. The first kappa shape index (κ1) is 22.2. The summed E-state index contributed by atoms with van der Waals surface area (Å²) in [6.45, 7) is 6.63. The van der Waals surface area contributed by atoms with E-state index in [0.717, 1.165) is 3.57 Å². The van der Waals surface area contributed by atoms with Crippen LogP contribution < -0.4 is 10.1 Å². The maximum atomic E-state index is 12.7. The van der Waals surface area contributed by atoms with Gasteiger partial charge in [0.1, 0.15) is 17.4 Å². The zero-order valence-corrected chi connectivity index (χ0v) is 17.9. The number of carbonyl (C=O) groups is 3. The van der Waals surface area contributed by atoms with Crippen LogP contribution in [0.2, 0.25) is 0 Å². The zero-order valence-electron chi connectivity index (χ0n) is 15.7. The minimum Gasteiger partial charge on any atom is -0.496 e. The number of ether oxygens (including phenoxy) is 3. The van der Waals surface area contributed by atoms with Crippen LogP contribution in [0.4, 0.5) is 0 Å². The summed E-state index contributed by atoms with van der Waals surface area (Å²) in [4.78, 5) is 36.9. The van der Waals surface area contributed by atoms with E-state index in [1.165, 1.54) is 21.1 Å². The van der Waals surface area contributed by atoms with Crippen LogP contribution in [0.15, 0.2) is 18.2 Å². The molecular weight excluding hydrogens is 453 g/mol. The van der Waals surface area contributed by atoms with Crippen LogP contribution in [0.25, 0.3) is 0 Å². The summed E-state index contributed by atoms with van der Waals surface area (Å²) in [7, 11) is 2.76. The third-order valence-corrected chi connectivity index (χ3v) is 4.17. The zero-order chi connectivity index (χ0) is 20.1. The molecule has 1 amide bonds. The fraction of sp³-hybridized carbons (Fsp3) is 0.500. The van der Waals surface area contributed by atoms with Gasteiger partial charge in [-0.15, -0.1) is 0 Å². The summed E-state index contributed by atoms with van der Waals surface area (Å²) in [6.07, 6.45) is 0. The van der Waals surface area contributed by atoms with Crippen LogP contribution in [0.1, 0.15) is 39.2 Å². The Labute approximate surface area is 166 Å². The maximum absolute atomic E-state index is 12.7. The lowest BCUT2D eigenvalue weighted by Crippen LogP contribution is -2.44. The standard InChI is InChI=1S/C18H24INO6/c1-10(16(22)25-6)20-15(21)14(17(23)26-18(2,3)4)11-7-8-13(24-5)12(19)9-11/h7-10,14H,1-6H3,(H,20,21)/t10?,14-/m0/s1. The van der Waals surface area contributed by atoms with E-state index in [2.05, 4.69) is 32.6 Å².